The number of phosphoric acid groups is 2. The Hall–Kier alpha value is -1.94. The molecule has 0 aromatic carbocycles. The Bertz CT molecular complexity index is 1840. The van der Waals surface area contributed by atoms with Gasteiger partial charge in [-0.1, -0.05) is 356 Å². The van der Waals surface area contributed by atoms with Crippen molar-refractivity contribution in [1.29, 1.82) is 0 Å². The number of unbranched alkanes of at least 4 members (excludes halogenated alkanes) is 49. The second kappa shape index (κ2) is 70.1. The predicted octanol–water partition coefficient (Wildman–Crippen LogP) is 22.9. The van der Waals surface area contributed by atoms with Crippen molar-refractivity contribution >= 4 is 39.5 Å². The minimum atomic E-state index is -4.96. The number of hydrogen-bond donors (Lipinski definition) is 3. The highest BCUT2D eigenvalue weighted by Gasteiger charge is 2.30. The number of hydrogen-bond acceptors (Lipinski definition) is 15. The van der Waals surface area contributed by atoms with E-state index in [9.17, 15) is 43.2 Å². The Labute approximate surface area is 588 Å². The van der Waals surface area contributed by atoms with Crippen molar-refractivity contribution in [1.82, 2.24) is 0 Å². The van der Waals surface area contributed by atoms with Gasteiger partial charge in [-0.15, -0.1) is 0 Å². The van der Waals surface area contributed by atoms with E-state index in [0.717, 1.165) is 89.9 Å². The van der Waals surface area contributed by atoms with Gasteiger partial charge >= 0.3 is 39.5 Å². The molecule has 0 rings (SSSR count). The number of phosphoric ester groups is 2. The lowest BCUT2D eigenvalue weighted by Gasteiger charge is -2.21. The highest BCUT2D eigenvalue weighted by molar-refractivity contribution is 7.47. The van der Waals surface area contributed by atoms with E-state index in [1.54, 1.807) is 0 Å². The maximum Gasteiger partial charge on any atom is 0.472 e. The van der Waals surface area contributed by atoms with E-state index >= 15 is 0 Å². The minimum absolute atomic E-state index is 0.104. The van der Waals surface area contributed by atoms with Gasteiger partial charge in [0.15, 0.2) is 12.2 Å². The minimum Gasteiger partial charge on any atom is -0.462 e. The third kappa shape index (κ3) is 70.5. The largest absolute Gasteiger partial charge is 0.472 e. The van der Waals surface area contributed by atoms with Crippen LogP contribution < -0.4 is 0 Å². The Morgan fingerprint density at radius 1 is 0.281 bits per heavy atom. The summed E-state index contributed by atoms with van der Waals surface area (Å²) in [6.45, 7) is 7.22. The number of carbonyl (C=O) groups is 4. The lowest BCUT2D eigenvalue weighted by molar-refractivity contribution is -0.161. The number of aliphatic hydroxyl groups is 1. The molecule has 96 heavy (non-hydrogen) atoms. The molecule has 570 valence electrons. The van der Waals surface area contributed by atoms with Crippen LogP contribution in [0.3, 0.4) is 0 Å². The molecule has 0 spiro atoms. The van der Waals surface area contributed by atoms with Gasteiger partial charge in [0.1, 0.15) is 19.3 Å². The SMILES string of the molecule is CCCCCCCCCCCCCCCCCCCCCCCCC(=O)O[C@H](COC(=O)CCCCCCCCCCCCCCCC)COP(=O)(O)OC[C@@H](O)COP(=O)(O)OC[C@@H](COC(=O)CCCCCCCCCCCC)OC(=O)CCCCCCCCCC(C)C. The van der Waals surface area contributed by atoms with Crippen LogP contribution in [-0.2, 0) is 65.4 Å². The van der Waals surface area contributed by atoms with Crippen LogP contribution in [0.1, 0.15) is 407 Å². The molecule has 0 radical (unpaired) electrons. The molecule has 0 aliphatic carbocycles. The maximum atomic E-state index is 13.1. The fourth-order valence-corrected chi connectivity index (χ4v) is 13.5. The van der Waals surface area contributed by atoms with Crippen molar-refractivity contribution in [2.45, 2.75) is 425 Å². The number of carbonyl (C=O) groups excluding carboxylic acids is 4. The molecule has 0 saturated heterocycles. The van der Waals surface area contributed by atoms with E-state index in [2.05, 4.69) is 34.6 Å². The van der Waals surface area contributed by atoms with E-state index in [-0.39, 0.29) is 25.7 Å². The zero-order valence-corrected chi connectivity index (χ0v) is 64.3. The van der Waals surface area contributed by atoms with E-state index in [1.165, 1.54) is 231 Å². The summed E-state index contributed by atoms with van der Waals surface area (Å²) in [6.07, 6.45) is 59.9. The van der Waals surface area contributed by atoms with E-state index in [4.69, 9.17) is 37.0 Å². The lowest BCUT2D eigenvalue weighted by atomic mass is 10.0. The van der Waals surface area contributed by atoms with Crippen LogP contribution in [0.2, 0.25) is 0 Å². The summed E-state index contributed by atoms with van der Waals surface area (Å²) in [7, 11) is -9.91. The van der Waals surface area contributed by atoms with Gasteiger partial charge in [-0.05, 0) is 31.6 Å². The molecule has 0 bridgehead atoms. The van der Waals surface area contributed by atoms with Crippen LogP contribution in [0.4, 0.5) is 0 Å². The van der Waals surface area contributed by atoms with E-state index < -0.39 is 97.5 Å². The first kappa shape index (κ1) is 94.1. The summed E-state index contributed by atoms with van der Waals surface area (Å²) in [4.78, 5) is 72.7. The van der Waals surface area contributed by atoms with Gasteiger partial charge in [0.05, 0.1) is 26.4 Å². The molecule has 0 aromatic rings. The van der Waals surface area contributed by atoms with Gasteiger partial charge in [-0.25, -0.2) is 9.13 Å². The fourth-order valence-electron chi connectivity index (χ4n) is 11.9. The number of rotatable bonds is 77. The topological polar surface area (TPSA) is 237 Å². The molecule has 0 aliphatic rings. The molecular weight excluding hydrogens is 1260 g/mol. The normalized spacial score (nSPS) is 13.9. The monoisotopic (exact) mass is 1410 g/mol. The van der Waals surface area contributed by atoms with Gasteiger partial charge in [-0.2, -0.15) is 0 Å². The fraction of sp³-hybridized carbons (Fsp3) is 0.948. The summed E-state index contributed by atoms with van der Waals surface area (Å²) in [5.74, 6) is -1.42. The second-order valence-electron chi connectivity index (χ2n) is 28.2. The van der Waals surface area contributed by atoms with Gasteiger partial charge in [0.25, 0.3) is 0 Å². The van der Waals surface area contributed by atoms with Crippen molar-refractivity contribution < 1.29 is 80.2 Å². The van der Waals surface area contributed by atoms with Gasteiger partial charge < -0.3 is 33.8 Å². The number of aliphatic hydroxyl groups excluding tert-OH is 1. The van der Waals surface area contributed by atoms with Crippen LogP contribution in [-0.4, -0.2) is 96.7 Å². The summed E-state index contributed by atoms with van der Waals surface area (Å²) in [6, 6.07) is 0. The molecule has 0 amide bonds. The molecular formula is C77H150O17P2. The smallest absolute Gasteiger partial charge is 0.462 e. The van der Waals surface area contributed by atoms with Gasteiger partial charge in [0.2, 0.25) is 0 Å². The van der Waals surface area contributed by atoms with Crippen LogP contribution in [0.15, 0.2) is 0 Å². The molecule has 17 nitrogen and oxygen atoms in total. The van der Waals surface area contributed by atoms with Crippen LogP contribution >= 0.6 is 15.6 Å². The van der Waals surface area contributed by atoms with E-state index in [1.807, 2.05) is 0 Å². The van der Waals surface area contributed by atoms with Crippen molar-refractivity contribution in [2.75, 3.05) is 39.6 Å². The highest BCUT2D eigenvalue weighted by atomic mass is 31.2. The zero-order chi connectivity index (χ0) is 70.5. The molecule has 0 saturated carbocycles. The zero-order valence-electron chi connectivity index (χ0n) is 62.5. The van der Waals surface area contributed by atoms with Crippen molar-refractivity contribution in [3.8, 4) is 0 Å². The van der Waals surface area contributed by atoms with E-state index in [0.29, 0.717) is 31.6 Å². The van der Waals surface area contributed by atoms with Gasteiger partial charge in [-0.3, -0.25) is 37.3 Å². The van der Waals surface area contributed by atoms with Crippen molar-refractivity contribution in [3.05, 3.63) is 0 Å². The molecule has 5 atom stereocenters. The predicted molar refractivity (Wildman–Crippen MR) is 391 cm³/mol. The molecule has 19 heteroatoms. The third-order valence-corrected chi connectivity index (χ3v) is 19.9. The number of esters is 4. The first-order chi connectivity index (χ1) is 46.5. The summed E-state index contributed by atoms with van der Waals surface area (Å²) >= 11 is 0. The third-order valence-electron chi connectivity index (χ3n) is 18.0. The molecule has 0 aliphatic heterocycles. The van der Waals surface area contributed by atoms with Crippen molar-refractivity contribution in [3.63, 3.8) is 0 Å². The van der Waals surface area contributed by atoms with Gasteiger partial charge in [0, 0.05) is 25.7 Å². The first-order valence-electron chi connectivity index (χ1n) is 40.1. The summed E-state index contributed by atoms with van der Waals surface area (Å²) in [5.41, 5.74) is 0. The quantitative estimate of drug-likeness (QED) is 0.0222. The maximum absolute atomic E-state index is 13.1. The Morgan fingerprint density at radius 3 is 0.708 bits per heavy atom. The number of ether oxygens (including phenoxy) is 4. The molecule has 0 heterocycles. The summed E-state index contributed by atoms with van der Waals surface area (Å²) in [5, 5.41) is 10.6. The second-order valence-corrected chi connectivity index (χ2v) is 31.1. The average molecular weight is 1410 g/mol. The summed E-state index contributed by atoms with van der Waals surface area (Å²) < 4.78 is 68.5. The standard InChI is InChI=1S/C77H150O17P2/c1-6-9-12-15-18-21-24-26-28-29-30-31-32-33-34-35-37-39-42-47-52-57-62-76(81)93-72(66-88-75(80)61-56-51-46-41-38-36-27-25-22-19-16-13-10-7-2)68-91-95(83,84)89-64-71(78)65-90-96(85,86)92-69-73(94-77(82)63-58-53-48-43-44-49-54-59-70(4)5)67-87-74(79)60-55-50-45-40-23-20-17-14-11-8-3/h70-73,78H,6-69H2,1-5H3,(H,83,84)(H,85,86)/t71-,72-,73-/m1/s1. The molecule has 0 fully saturated rings. The molecule has 3 N–H and O–H groups in total. The Kier molecular flexibility index (Phi) is 68.7. The first-order valence-corrected chi connectivity index (χ1v) is 43.1. The molecule has 2 unspecified atom stereocenters. The molecule has 0 aromatic heterocycles. The lowest BCUT2D eigenvalue weighted by Crippen LogP contribution is -2.30. The Balaban J connectivity index is 5.17. The Morgan fingerprint density at radius 2 is 0.479 bits per heavy atom. The van der Waals surface area contributed by atoms with Crippen LogP contribution in [0.25, 0.3) is 0 Å². The van der Waals surface area contributed by atoms with Crippen molar-refractivity contribution in [2.24, 2.45) is 5.92 Å². The average Bonchev–Trinajstić information content (AvgIpc) is 1.19. The van der Waals surface area contributed by atoms with Crippen LogP contribution in [0, 0.1) is 5.92 Å². The highest BCUT2D eigenvalue weighted by Crippen LogP contribution is 2.45. The van der Waals surface area contributed by atoms with Crippen LogP contribution in [0.5, 0.6) is 0 Å².